The Labute approximate surface area is 110 Å². The van der Waals surface area contributed by atoms with Crippen LogP contribution in [0.2, 0.25) is 0 Å². The lowest BCUT2D eigenvalue weighted by molar-refractivity contribution is 0.902. The van der Waals surface area contributed by atoms with E-state index in [1.54, 1.807) is 6.20 Å². The number of nitrogens with one attached hydrogen (secondary N) is 2. The Bertz CT molecular complexity index is 677. The molecule has 1 aromatic carbocycles. The zero-order valence-electron chi connectivity index (χ0n) is 10.3. The first-order chi connectivity index (χ1) is 9.33. The fraction of sp³-hybridized carbons (Fsp3) is 0.154. The third kappa shape index (κ3) is 2.47. The third-order valence-corrected chi connectivity index (χ3v) is 2.91. The largest absolute Gasteiger partial charge is 0.399 e. The van der Waals surface area contributed by atoms with Gasteiger partial charge in [0.2, 0.25) is 0 Å². The predicted molar refractivity (Wildman–Crippen MR) is 74.7 cm³/mol. The van der Waals surface area contributed by atoms with Crippen molar-refractivity contribution in [2.24, 2.45) is 0 Å². The van der Waals surface area contributed by atoms with Gasteiger partial charge in [-0.2, -0.15) is 5.10 Å². The molecule has 0 spiro atoms. The molecular formula is C13H14N6. The number of fused-ring (bicyclic) bond motifs is 1. The molecule has 6 heteroatoms. The van der Waals surface area contributed by atoms with Crippen molar-refractivity contribution in [1.29, 1.82) is 0 Å². The van der Waals surface area contributed by atoms with E-state index in [1.807, 2.05) is 24.3 Å². The first-order valence-corrected chi connectivity index (χ1v) is 6.05. The molecule has 3 rings (SSSR count). The number of aromatic nitrogens is 4. The standard InChI is InChI=1S/C13H14N6/c14-9-1-2-10-11(3-5-16-12(10)7-9)15-6-4-13-17-8-18-19-13/h1-3,5,7-8H,4,6,14H2,(H,15,16)(H,17,18,19). The quantitative estimate of drug-likeness (QED) is 0.615. The number of H-pyrrole nitrogens is 1. The minimum atomic E-state index is 0.721. The molecule has 0 aliphatic carbocycles. The molecule has 2 aromatic heterocycles. The fourth-order valence-corrected chi connectivity index (χ4v) is 1.99. The Morgan fingerprint density at radius 2 is 2.16 bits per heavy atom. The molecular weight excluding hydrogens is 240 g/mol. The summed E-state index contributed by atoms with van der Waals surface area (Å²) >= 11 is 0. The van der Waals surface area contributed by atoms with Gasteiger partial charge in [-0.1, -0.05) is 0 Å². The number of nitrogen functional groups attached to an aromatic ring is 1. The summed E-state index contributed by atoms with van der Waals surface area (Å²) in [6.45, 7) is 0.776. The maximum absolute atomic E-state index is 5.76. The normalized spacial score (nSPS) is 10.7. The highest BCUT2D eigenvalue weighted by Crippen LogP contribution is 2.23. The predicted octanol–water partition coefficient (Wildman–Crippen LogP) is 1.59. The van der Waals surface area contributed by atoms with E-state index in [4.69, 9.17) is 5.73 Å². The smallest absolute Gasteiger partial charge is 0.137 e. The molecule has 0 saturated heterocycles. The number of hydrogen-bond acceptors (Lipinski definition) is 5. The summed E-state index contributed by atoms with van der Waals surface area (Å²) < 4.78 is 0. The van der Waals surface area contributed by atoms with Gasteiger partial charge in [-0.05, 0) is 24.3 Å². The summed E-state index contributed by atoms with van der Waals surface area (Å²) in [6.07, 6.45) is 4.08. The number of hydrogen-bond donors (Lipinski definition) is 3. The Morgan fingerprint density at radius 1 is 1.21 bits per heavy atom. The van der Waals surface area contributed by atoms with Gasteiger partial charge in [0.05, 0.1) is 5.52 Å². The van der Waals surface area contributed by atoms with Gasteiger partial charge in [-0.25, -0.2) is 4.98 Å². The van der Waals surface area contributed by atoms with Crippen LogP contribution in [0.5, 0.6) is 0 Å². The second-order valence-corrected chi connectivity index (χ2v) is 4.24. The zero-order valence-corrected chi connectivity index (χ0v) is 10.3. The van der Waals surface area contributed by atoms with Crippen LogP contribution in [-0.2, 0) is 6.42 Å². The number of aromatic amines is 1. The van der Waals surface area contributed by atoms with E-state index in [2.05, 4.69) is 25.5 Å². The van der Waals surface area contributed by atoms with Crippen molar-refractivity contribution in [2.75, 3.05) is 17.6 Å². The molecule has 0 amide bonds. The van der Waals surface area contributed by atoms with Gasteiger partial charge in [0.15, 0.2) is 0 Å². The molecule has 4 N–H and O–H groups in total. The SMILES string of the molecule is Nc1ccc2c(NCCc3ncn[nH]3)ccnc2c1. The molecule has 0 radical (unpaired) electrons. The first-order valence-electron chi connectivity index (χ1n) is 6.05. The van der Waals surface area contributed by atoms with Gasteiger partial charge in [0.1, 0.15) is 12.2 Å². The van der Waals surface area contributed by atoms with Crippen molar-refractivity contribution < 1.29 is 0 Å². The molecule has 0 saturated carbocycles. The topological polar surface area (TPSA) is 92.5 Å². The molecule has 0 bridgehead atoms. The highest BCUT2D eigenvalue weighted by atomic mass is 15.2. The van der Waals surface area contributed by atoms with Crippen molar-refractivity contribution >= 4 is 22.3 Å². The van der Waals surface area contributed by atoms with Gasteiger partial charge in [-0.15, -0.1) is 0 Å². The second kappa shape index (κ2) is 4.93. The molecule has 2 heterocycles. The number of nitrogens with two attached hydrogens (primary N) is 1. The maximum atomic E-state index is 5.76. The van der Waals surface area contributed by atoms with Crippen LogP contribution < -0.4 is 11.1 Å². The number of rotatable bonds is 4. The number of benzene rings is 1. The Kier molecular flexibility index (Phi) is 2.97. The molecule has 0 aliphatic heterocycles. The molecule has 19 heavy (non-hydrogen) atoms. The van der Waals surface area contributed by atoms with E-state index in [-0.39, 0.29) is 0 Å². The highest BCUT2D eigenvalue weighted by molar-refractivity contribution is 5.92. The second-order valence-electron chi connectivity index (χ2n) is 4.24. The first kappa shape index (κ1) is 11.5. The van der Waals surface area contributed by atoms with E-state index in [9.17, 15) is 0 Å². The van der Waals surface area contributed by atoms with E-state index in [1.165, 1.54) is 6.33 Å². The molecule has 3 aromatic rings. The molecule has 0 fully saturated rings. The van der Waals surface area contributed by atoms with E-state index >= 15 is 0 Å². The van der Waals surface area contributed by atoms with Crippen LogP contribution in [0.1, 0.15) is 5.82 Å². The lowest BCUT2D eigenvalue weighted by Crippen LogP contribution is -2.06. The number of anilines is 2. The molecule has 96 valence electrons. The highest BCUT2D eigenvalue weighted by Gasteiger charge is 2.02. The zero-order chi connectivity index (χ0) is 13.1. The Morgan fingerprint density at radius 3 is 3.00 bits per heavy atom. The van der Waals surface area contributed by atoms with Crippen LogP contribution in [0.25, 0.3) is 10.9 Å². The number of nitrogens with zero attached hydrogens (tertiary/aromatic N) is 3. The van der Waals surface area contributed by atoms with Crippen LogP contribution in [0.4, 0.5) is 11.4 Å². The summed E-state index contributed by atoms with van der Waals surface area (Å²) in [7, 11) is 0. The van der Waals surface area contributed by atoms with Gasteiger partial charge in [0.25, 0.3) is 0 Å². The van der Waals surface area contributed by atoms with Crippen molar-refractivity contribution in [3.63, 3.8) is 0 Å². The van der Waals surface area contributed by atoms with Crippen LogP contribution in [0.3, 0.4) is 0 Å². The lowest BCUT2D eigenvalue weighted by atomic mass is 10.1. The minimum absolute atomic E-state index is 0.721. The van der Waals surface area contributed by atoms with Crippen molar-refractivity contribution in [3.05, 3.63) is 42.6 Å². The van der Waals surface area contributed by atoms with Gasteiger partial charge in [0, 0.05) is 35.9 Å². The fourth-order valence-electron chi connectivity index (χ4n) is 1.99. The summed E-state index contributed by atoms with van der Waals surface area (Å²) in [5.41, 5.74) is 8.42. The van der Waals surface area contributed by atoms with Crippen LogP contribution >= 0.6 is 0 Å². The Balaban J connectivity index is 1.77. The van der Waals surface area contributed by atoms with E-state index < -0.39 is 0 Å². The average Bonchev–Trinajstić information content (AvgIpc) is 2.92. The molecule has 6 nitrogen and oxygen atoms in total. The minimum Gasteiger partial charge on any atom is -0.399 e. The van der Waals surface area contributed by atoms with Gasteiger partial charge in [-0.3, -0.25) is 10.1 Å². The van der Waals surface area contributed by atoms with E-state index in [0.717, 1.165) is 41.1 Å². The average molecular weight is 254 g/mol. The van der Waals surface area contributed by atoms with Crippen molar-refractivity contribution in [2.45, 2.75) is 6.42 Å². The number of pyridine rings is 1. The molecule has 0 unspecified atom stereocenters. The summed E-state index contributed by atoms with van der Waals surface area (Å²) in [4.78, 5) is 8.40. The summed E-state index contributed by atoms with van der Waals surface area (Å²) in [5, 5.41) is 11.1. The van der Waals surface area contributed by atoms with Crippen LogP contribution in [0.15, 0.2) is 36.8 Å². The van der Waals surface area contributed by atoms with E-state index in [0.29, 0.717) is 0 Å². The van der Waals surface area contributed by atoms with Crippen molar-refractivity contribution in [1.82, 2.24) is 20.2 Å². The summed E-state index contributed by atoms with van der Waals surface area (Å²) in [5.74, 6) is 0.870. The van der Waals surface area contributed by atoms with Gasteiger partial charge < -0.3 is 11.1 Å². The summed E-state index contributed by atoms with van der Waals surface area (Å²) in [6, 6.07) is 7.69. The Hall–Kier alpha value is -2.63. The third-order valence-electron chi connectivity index (χ3n) is 2.91. The van der Waals surface area contributed by atoms with Crippen molar-refractivity contribution in [3.8, 4) is 0 Å². The van der Waals surface area contributed by atoms with Crippen LogP contribution in [-0.4, -0.2) is 26.7 Å². The molecule has 0 aliphatic rings. The monoisotopic (exact) mass is 254 g/mol. The lowest BCUT2D eigenvalue weighted by Gasteiger charge is -2.08. The van der Waals surface area contributed by atoms with Crippen LogP contribution in [0, 0.1) is 0 Å². The van der Waals surface area contributed by atoms with Gasteiger partial charge >= 0.3 is 0 Å². The maximum Gasteiger partial charge on any atom is 0.137 e. The molecule has 0 atom stereocenters.